The zero-order valence-electron chi connectivity index (χ0n) is 19.5. The number of benzene rings is 1. The third-order valence-corrected chi connectivity index (χ3v) is 8.67. The second kappa shape index (κ2) is 10.0. The van der Waals surface area contributed by atoms with Crippen LogP contribution in [0.2, 0.25) is 5.02 Å². The number of hydrogen-bond acceptors (Lipinski definition) is 4. The van der Waals surface area contributed by atoms with E-state index in [-0.39, 0.29) is 46.9 Å². The van der Waals surface area contributed by atoms with Crippen LogP contribution in [0.5, 0.6) is 5.75 Å². The summed E-state index contributed by atoms with van der Waals surface area (Å²) in [4.78, 5) is 25.4. The van der Waals surface area contributed by atoms with Gasteiger partial charge in [-0.15, -0.1) is 0 Å². The third-order valence-electron chi connectivity index (χ3n) is 8.37. The van der Waals surface area contributed by atoms with Crippen LogP contribution in [0.4, 0.5) is 4.39 Å². The number of carbonyl (C=O) groups is 2. The summed E-state index contributed by atoms with van der Waals surface area (Å²) in [6.45, 7) is 0.511. The van der Waals surface area contributed by atoms with E-state index >= 15 is 0 Å². The van der Waals surface area contributed by atoms with Crippen LogP contribution in [0.15, 0.2) is 18.2 Å². The minimum absolute atomic E-state index is 0.00301. The average molecular weight is 493 g/mol. The lowest BCUT2D eigenvalue weighted by Gasteiger charge is -2.39. The Morgan fingerprint density at radius 2 is 1.85 bits per heavy atom. The van der Waals surface area contributed by atoms with Gasteiger partial charge in [-0.25, -0.2) is 4.39 Å². The van der Waals surface area contributed by atoms with E-state index in [9.17, 15) is 14.0 Å². The molecular formula is C26H34ClFN2O4. The molecule has 8 heteroatoms. The van der Waals surface area contributed by atoms with Gasteiger partial charge in [-0.05, 0) is 55.6 Å². The largest absolute Gasteiger partial charge is 0.484 e. The maximum Gasteiger partial charge on any atom is 0.258 e. The van der Waals surface area contributed by atoms with E-state index < -0.39 is 5.82 Å². The minimum Gasteiger partial charge on any atom is -0.484 e. The fourth-order valence-corrected chi connectivity index (χ4v) is 6.69. The van der Waals surface area contributed by atoms with Crippen molar-refractivity contribution >= 4 is 23.4 Å². The van der Waals surface area contributed by atoms with E-state index in [4.69, 9.17) is 21.1 Å². The molecule has 6 nitrogen and oxygen atoms in total. The number of hydrogen-bond donors (Lipinski definition) is 2. The molecular weight excluding hydrogens is 459 g/mol. The van der Waals surface area contributed by atoms with E-state index in [0.29, 0.717) is 24.4 Å². The fourth-order valence-electron chi connectivity index (χ4n) is 6.57. The normalized spacial score (nSPS) is 33.1. The first-order valence-electron chi connectivity index (χ1n) is 12.7. The minimum atomic E-state index is -0.582. The monoisotopic (exact) mass is 492 g/mol. The molecule has 5 fully saturated rings. The van der Waals surface area contributed by atoms with Crippen LogP contribution in [0.1, 0.15) is 64.2 Å². The van der Waals surface area contributed by atoms with E-state index in [1.54, 1.807) is 0 Å². The lowest BCUT2D eigenvalue weighted by atomic mass is 9.76. The van der Waals surface area contributed by atoms with Gasteiger partial charge in [-0.3, -0.25) is 9.59 Å². The summed E-state index contributed by atoms with van der Waals surface area (Å²) in [6, 6.07) is 4.17. The summed E-state index contributed by atoms with van der Waals surface area (Å²) < 4.78 is 24.9. The molecule has 2 bridgehead atoms. The number of nitrogens with one attached hydrogen (secondary N) is 2. The van der Waals surface area contributed by atoms with Crippen molar-refractivity contribution in [2.24, 2.45) is 17.8 Å². The van der Waals surface area contributed by atoms with Gasteiger partial charge in [0.1, 0.15) is 17.7 Å². The first-order valence-corrected chi connectivity index (χ1v) is 13.1. The predicted octanol–water partition coefficient (Wildman–Crippen LogP) is 4.39. The molecule has 1 aromatic carbocycles. The van der Waals surface area contributed by atoms with Gasteiger partial charge >= 0.3 is 0 Å². The van der Waals surface area contributed by atoms with Crippen molar-refractivity contribution < 1.29 is 23.5 Å². The third kappa shape index (κ3) is 5.20. The van der Waals surface area contributed by atoms with Crippen LogP contribution in [0, 0.1) is 23.6 Å². The van der Waals surface area contributed by atoms with Gasteiger partial charge in [-0.1, -0.05) is 50.1 Å². The van der Waals surface area contributed by atoms with Gasteiger partial charge in [0.15, 0.2) is 6.61 Å². The van der Waals surface area contributed by atoms with E-state index in [1.165, 1.54) is 56.7 Å². The van der Waals surface area contributed by atoms with Crippen molar-refractivity contribution in [3.8, 4) is 5.75 Å². The molecule has 1 aliphatic heterocycles. The molecule has 1 saturated heterocycles. The molecule has 0 spiro atoms. The first-order chi connectivity index (χ1) is 16.4. The first kappa shape index (κ1) is 23.9. The SMILES string of the molecule is O=C(COc1ccc(Cl)c(F)c1)NC12CC(C1)C(NC(=O)C1CC(C3CCCCCC3)CO1)C2. The lowest BCUT2D eigenvalue weighted by molar-refractivity contribution is -0.131. The molecule has 0 radical (unpaired) electrons. The molecule has 4 saturated carbocycles. The zero-order valence-corrected chi connectivity index (χ0v) is 20.2. The summed E-state index contributed by atoms with van der Waals surface area (Å²) >= 11 is 5.67. The standard InChI is InChI=1S/C26H34ClFN2O4/c27-20-8-7-19(10-21(20)28)33-15-24(31)30-26-11-18(12-26)22(13-26)29-25(32)23-9-17(14-34-23)16-5-3-1-2-4-6-16/h7-8,10,16-18,22-23H,1-6,9,11-15H2,(H,29,32)(H,30,31). The highest BCUT2D eigenvalue weighted by Gasteiger charge is 2.57. The maximum absolute atomic E-state index is 13.5. The molecule has 5 aliphatic rings. The summed E-state index contributed by atoms with van der Waals surface area (Å²) in [5.41, 5.74) is -0.284. The highest BCUT2D eigenvalue weighted by Crippen LogP contribution is 2.52. The summed E-state index contributed by atoms with van der Waals surface area (Å²) in [5.74, 6) is 1.02. The number of carbonyl (C=O) groups excluding carboxylic acids is 2. The molecule has 34 heavy (non-hydrogen) atoms. The van der Waals surface area contributed by atoms with Gasteiger partial charge in [-0.2, -0.15) is 0 Å². The number of fused-ring (bicyclic) bond motifs is 1. The molecule has 6 rings (SSSR count). The molecule has 3 atom stereocenters. The van der Waals surface area contributed by atoms with Crippen molar-refractivity contribution in [2.45, 2.75) is 81.9 Å². The number of rotatable bonds is 7. The average Bonchev–Trinajstić information content (AvgIpc) is 3.42. The van der Waals surface area contributed by atoms with Crippen molar-refractivity contribution in [2.75, 3.05) is 13.2 Å². The topological polar surface area (TPSA) is 76.7 Å². The van der Waals surface area contributed by atoms with Crippen molar-refractivity contribution in [3.05, 3.63) is 29.0 Å². The zero-order chi connectivity index (χ0) is 23.7. The fraction of sp³-hybridized carbons (Fsp3) is 0.692. The number of ether oxygens (including phenoxy) is 2. The molecule has 1 aromatic rings. The number of halogens is 2. The molecule has 186 valence electrons. The molecule has 4 aliphatic carbocycles. The number of amides is 2. The Balaban J connectivity index is 1.06. The molecule has 2 N–H and O–H groups in total. The molecule has 3 unspecified atom stereocenters. The second-order valence-corrected chi connectivity index (χ2v) is 11.2. The highest BCUT2D eigenvalue weighted by molar-refractivity contribution is 6.30. The van der Waals surface area contributed by atoms with Crippen molar-refractivity contribution in [3.63, 3.8) is 0 Å². The molecule has 0 aromatic heterocycles. The second-order valence-electron chi connectivity index (χ2n) is 10.8. The van der Waals surface area contributed by atoms with E-state index in [2.05, 4.69) is 10.6 Å². The molecule has 2 amide bonds. The Morgan fingerprint density at radius 3 is 2.59 bits per heavy atom. The van der Waals surface area contributed by atoms with Crippen LogP contribution >= 0.6 is 11.6 Å². The highest BCUT2D eigenvalue weighted by atomic mass is 35.5. The molecule has 1 heterocycles. The summed E-state index contributed by atoms with van der Waals surface area (Å²) in [7, 11) is 0. The van der Waals surface area contributed by atoms with Crippen LogP contribution in [-0.4, -0.2) is 42.7 Å². The summed E-state index contributed by atoms with van der Waals surface area (Å²) in [6.07, 6.45) is 10.7. The van der Waals surface area contributed by atoms with E-state index in [1.807, 2.05) is 0 Å². The Morgan fingerprint density at radius 1 is 1.09 bits per heavy atom. The predicted molar refractivity (Wildman–Crippen MR) is 126 cm³/mol. The van der Waals surface area contributed by atoms with Crippen molar-refractivity contribution in [1.82, 2.24) is 10.6 Å². The lowest BCUT2D eigenvalue weighted by Crippen LogP contribution is -2.53. The summed E-state index contributed by atoms with van der Waals surface area (Å²) in [5, 5.41) is 6.31. The van der Waals surface area contributed by atoms with Crippen LogP contribution in [0.3, 0.4) is 0 Å². The Kier molecular flexibility index (Phi) is 7.03. The van der Waals surface area contributed by atoms with Gasteiger partial charge in [0.25, 0.3) is 5.91 Å². The quantitative estimate of drug-likeness (QED) is 0.553. The Hall–Kier alpha value is -1.86. The smallest absolute Gasteiger partial charge is 0.258 e. The van der Waals surface area contributed by atoms with Gasteiger partial charge < -0.3 is 20.1 Å². The van der Waals surface area contributed by atoms with Crippen molar-refractivity contribution in [1.29, 1.82) is 0 Å². The van der Waals surface area contributed by atoms with Gasteiger partial charge in [0.2, 0.25) is 5.91 Å². The van der Waals surface area contributed by atoms with Crippen LogP contribution in [-0.2, 0) is 14.3 Å². The Labute approximate surface area is 205 Å². The Bertz CT molecular complexity index is 914. The van der Waals surface area contributed by atoms with E-state index in [0.717, 1.165) is 25.7 Å². The maximum atomic E-state index is 13.5. The van der Waals surface area contributed by atoms with Crippen LogP contribution in [0.25, 0.3) is 0 Å². The van der Waals surface area contributed by atoms with Crippen LogP contribution < -0.4 is 15.4 Å². The van der Waals surface area contributed by atoms with Gasteiger partial charge in [0, 0.05) is 17.6 Å². The van der Waals surface area contributed by atoms with Gasteiger partial charge in [0.05, 0.1) is 11.6 Å².